The zero-order valence-corrected chi connectivity index (χ0v) is 16.5. The Kier molecular flexibility index (Phi) is 5.36. The van der Waals surface area contributed by atoms with Crippen molar-refractivity contribution in [1.82, 2.24) is 15.2 Å². The number of piperidine rings is 1. The van der Waals surface area contributed by atoms with E-state index >= 15 is 0 Å². The lowest BCUT2D eigenvalue weighted by Crippen LogP contribution is -2.40. The van der Waals surface area contributed by atoms with Crippen LogP contribution in [0.3, 0.4) is 0 Å². The molecule has 1 aromatic heterocycles. The summed E-state index contributed by atoms with van der Waals surface area (Å²) in [5.41, 5.74) is 1.70. The first-order valence-corrected chi connectivity index (χ1v) is 10.2. The molecule has 2 aromatic rings. The molecule has 1 N–H and O–H groups in total. The van der Waals surface area contributed by atoms with Crippen LogP contribution in [0.4, 0.5) is 0 Å². The third-order valence-corrected chi connectivity index (χ3v) is 6.27. The van der Waals surface area contributed by atoms with Crippen molar-refractivity contribution < 1.29 is 9.59 Å². The lowest BCUT2D eigenvalue weighted by Gasteiger charge is -2.33. The Labute approximate surface area is 170 Å². The Morgan fingerprint density at radius 1 is 1.18 bits per heavy atom. The highest BCUT2D eigenvalue weighted by atomic mass is 35.5. The lowest BCUT2D eigenvalue weighted by molar-refractivity contribution is -0.123. The number of likely N-dealkylation sites (tertiary alicyclic amines) is 1. The van der Waals surface area contributed by atoms with E-state index in [2.05, 4.69) is 10.3 Å². The Bertz CT molecular complexity index is 863. The molecular formula is C22H24ClN3O2. The average molecular weight is 398 g/mol. The molecule has 1 saturated carbocycles. The van der Waals surface area contributed by atoms with E-state index in [4.69, 9.17) is 11.6 Å². The van der Waals surface area contributed by atoms with Crippen molar-refractivity contribution in [3.8, 4) is 0 Å². The summed E-state index contributed by atoms with van der Waals surface area (Å²) < 4.78 is 0. The Morgan fingerprint density at radius 2 is 2.00 bits per heavy atom. The van der Waals surface area contributed by atoms with Gasteiger partial charge in [-0.3, -0.25) is 14.6 Å². The quantitative estimate of drug-likeness (QED) is 0.841. The van der Waals surface area contributed by atoms with Gasteiger partial charge in [-0.25, -0.2) is 0 Å². The van der Waals surface area contributed by atoms with Gasteiger partial charge in [0, 0.05) is 54.4 Å². The molecule has 0 unspecified atom stereocenters. The fourth-order valence-corrected chi connectivity index (χ4v) is 4.40. The molecule has 1 atom stereocenters. The number of benzene rings is 1. The molecule has 4 rings (SSSR count). The molecule has 1 aliphatic heterocycles. The second kappa shape index (κ2) is 7.92. The summed E-state index contributed by atoms with van der Waals surface area (Å²) in [6, 6.07) is 12.9. The van der Waals surface area contributed by atoms with Gasteiger partial charge in [-0.1, -0.05) is 23.7 Å². The third kappa shape index (κ3) is 4.04. The van der Waals surface area contributed by atoms with Crippen LogP contribution < -0.4 is 5.32 Å². The van der Waals surface area contributed by atoms with Gasteiger partial charge in [0.05, 0.1) is 0 Å². The maximum Gasteiger partial charge on any atom is 0.253 e. The summed E-state index contributed by atoms with van der Waals surface area (Å²) in [6.45, 7) is 2.01. The molecule has 1 aliphatic carbocycles. The highest BCUT2D eigenvalue weighted by Crippen LogP contribution is 2.59. The predicted molar refractivity (Wildman–Crippen MR) is 108 cm³/mol. The fourth-order valence-electron chi connectivity index (χ4n) is 4.21. The third-order valence-electron chi connectivity index (χ3n) is 6.03. The lowest BCUT2D eigenvalue weighted by atomic mass is 9.90. The molecule has 6 heteroatoms. The molecular weight excluding hydrogens is 374 g/mol. The SMILES string of the molecule is O=C(NCCc1ccccn1)[C@H]1CC12CCN(C(=O)c1cccc(Cl)c1)CC2. The minimum Gasteiger partial charge on any atom is -0.355 e. The first-order valence-electron chi connectivity index (χ1n) is 9.80. The minimum absolute atomic E-state index is 0.0226. The van der Waals surface area contributed by atoms with Crippen molar-refractivity contribution in [3.05, 3.63) is 64.9 Å². The van der Waals surface area contributed by atoms with Gasteiger partial charge in [-0.2, -0.15) is 0 Å². The first kappa shape index (κ1) is 18.9. The van der Waals surface area contributed by atoms with Crippen LogP contribution in [0, 0.1) is 11.3 Å². The van der Waals surface area contributed by atoms with Crippen LogP contribution in [0.25, 0.3) is 0 Å². The molecule has 5 nitrogen and oxygen atoms in total. The van der Waals surface area contributed by atoms with Crippen molar-refractivity contribution in [2.24, 2.45) is 11.3 Å². The molecule has 2 fully saturated rings. The van der Waals surface area contributed by atoms with E-state index < -0.39 is 0 Å². The van der Waals surface area contributed by atoms with Gasteiger partial charge in [0.25, 0.3) is 5.91 Å². The van der Waals surface area contributed by atoms with E-state index in [1.165, 1.54) is 0 Å². The van der Waals surface area contributed by atoms with Crippen LogP contribution in [0.1, 0.15) is 35.3 Å². The molecule has 1 saturated heterocycles. The number of nitrogens with one attached hydrogen (secondary N) is 1. The zero-order chi connectivity index (χ0) is 19.6. The number of aromatic nitrogens is 1. The van der Waals surface area contributed by atoms with Crippen molar-refractivity contribution in [2.75, 3.05) is 19.6 Å². The van der Waals surface area contributed by atoms with Crippen molar-refractivity contribution in [1.29, 1.82) is 0 Å². The monoisotopic (exact) mass is 397 g/mol. The topological polar surface area (TPSA) is 62.3 Å². The maximum atomic E-state index is 12.7. The molecule has 28 heavy (non-hydrogen) atoms. The van der Waals surface area contributed by atoms with E-state index in [1.807, 2.05) is 23.1 Å². The van der Waals surface area contributed by atoms with Crippen LogP contribution in [0.15, 0.2) is 48.7 Å². The van der Waals surface area contributed by atoms with E-state index in [-0.39, 0.29) is 23.1 Å². The molecule has 146 valence electrons. The number of rotatable bonds is 5. The molecule has 2 heterocycles. The van der Waals surface area contributed by atoms with Crippen LogP contribution in [0.5, 0.6) is 0 Å². The van der Waals surface area contributed by atoms with Crippen molar-refractivity contribution in [3.63, 3.8) is 0 Å². The zero-order valence-electron chi connectivity index (χ0n) is 15.7. The highest BCUT2D eigenvalue weighted by molar-refractivity contribution is 6.30. The molecule has 2 aliphatic rings. The van der Waals surface area contributed by atoms with E-state index in [1.54, 1.807) is 30.5 Å². The standard InChI is InChI=1S/C22H24ClN3O2/c23-17-5-3-4-16(14-17)21(28)26-12-8-22(9-13-26)15-19(22)20(27)25-11-7-18-6-1-2-10-24-18/h1-6,10,14,19H,7-9,11-13,15H2,(H,25,27)/t19-/m1/s1. The minimum atomic E-state index is 0.0226. The van der Waals surface area contributed by atoms with Gasteiger partial charge in [0.2, 0.25) is 5.91 Å². The normalized spacial score (nSPS) is 20.0. The molecule has 0 radical (unpaired) electrons. The number of hydrogen-bond donors (Lipinski definition) is 1. The summed E-state index contributed by atoms with van der Waals surface area (Å²) in [6.07, 6.45) is 5.22. The summed E-state index contributed by atoms with van der Waals surface area (Å²) in [7, 11) is 0. The van der Waals surface area contributed by atoms with Gasteiger partial charge >= 0.3 is 0 Å². The summed E-state index contributed by atoms with van der Waals surface area (Å²) >= 11 is 6.00. The van der Waals surface area contributed by atoms with Crippen LogP contribution in [-0.4, -0.2) is 41.3 Å². The van der Waals surface area contributed by atoms with E-state index in [9.17, 15) is 9.59 Å². The van der Waals surface area contributed by atoms with Crippen molar-refractivity contribution >= 4 is 23.4 Å². The number of nitrogens with zero attached hydrogens (tertiary/aromatic N) is 2. The maximum absolute atomic E-state index is 12.7. The summed E-state index contributed by atoms with van der Waals surface area (Å²) in [5.74, 6) is 0.250. The molecule has 1 spiro atoms. The Morgan fingerprint density at radius 3 is 2.71 bits per heavy atom. The fraction of sp³-hybridized carbons (Fsp3) is 0.409. The van der Waals surface area contributed by atoms with Gasteiger partial charge in [0.15, 0.2) is 0 Å². The van der Waals surface area contributed by atoms with E-state index in [0.29, 0.717) is 30.2 Å². The number of halogens is 1. The molecule has 1 aromatic carbocycles. The number of hydrogen-bond acceptors (Lipinski definition) is 3. The van der Waals surface area contributed by atoms with Gasteiger partial charge in [-0.15, -0.1) is 0 Å². The largest absolute Gasteiger partial charge is 0.355 e. The Hall–Kier alpha value is -2.40. The number of carbonyl (C=O) groups is 2. The number of carbonyl (C=O) groups excluding carboxylic acids is 2. The van der Waals surface area contributed by atoms with Crippen LogP contribution in [0.2, 0.25) is 5.02 Å². The second-order valence-electron chi connectivity index (χ2n) is 7.78. The van der Waals surface area contributed by atoms with Crippen LogP contribution >= 0.6 is 11.6 Å². The number of amides is 2. The predicted octanol–water partition coefficient (Wildman–Crippen LogP) is 3.34. The van der Waals surface area contributed by atoms with Gasteiger partial charge in [-0.05, 0) is 55.0 Å². The van der Waals surface area contributed by atoms with E-state index in [0.717, 1.165) is 31.4 Å². The smallest absolute Gasteiger partial charge is 0.253 e. The summed E-state index contributed by atoms with van der Waals surface area (Å²) in [4.78, 5) is 31.3. The summed E-state index contributed by atoms with van der Waals surface area (Å²) in [5, 5.41) is 3.63. The Balaban J connectivity index is 1.25. The van der Waals surface area contributed by atoms with Gasteiger partial charge < -0.3 is 10.2 Å². The second-order valence-corrected chi connectivity index (χ2v) is 8.22. The van der Waals surface area contributed by atoms with Gasteiger partial charge in [0.1, 0.15) is 0 Å². The first-order chi connectivity index (χ1) is 13.6. The number of pyridine rings is 1. The molecule has 0 bridgehead atoms. The highest BCUT2D eigenvalue weighted by Gasteiger charge is 2.58. The molecule has 2 amide bonds. The van der Waals surface area contributed by atoms with Crippen molar-refractivity contribution in [2.45, 2.75) is 25.7 Å². The average Bonchev–Trinajstić information content (AvgIpc) is 3.42. The van der Waals surface area contributed by atoms with Crippen LogP contribution in [-0.2, 0) is 11.2 Å².